The van der Waals surface area contributed by atoms with E-state index in [0.717, 1.165) is 0 Å². The molecule has 1 aromatic rings. The molecule has 14 heavy (non-hydrogen) atoms. The maximum Gasteiger partial charge on any atom is 0.319 e. The van der Waals surface area contributed by atoms with E-state index < -0.39 is 0 Å². The van der Waals surface area contributed by atoms with Gasteiger partial charge in [0.15, 0.2) is 0 Å². The summed E-state index contributed by atoms with van der Waals surface area (Å²) < 4.78 is 0. The van der Waals surface area contributed by atoms with Gasteiger partial charge in [-0.05, 0) is 12.1 Å². The molecule has 0 unspecified atom stereocenters. The Labute approximate surface area is 87.7 Å². The number of benzene rings is 1. The first-order chi connectivity index (χ1) is 6.74. The van der Waals surface area contributed by atoms with Crippen LogP contribution < -0.4 is 10.6 Å². The molecule has 2 amide bonds. The third-order valence-corrected chi connectivity index (χ3v) is 1.94. The highest BCUT2D eigenvalue weighted by molar-refractivity contribution is 7.80. The van der Waals surface area contributed by atoms with Crippen LogP contribution in [-0.4, -0.2) is 24.3 Å². The molecule has 3 N–H and O–H groups in total. The van der Waals surface area contributed by atoms with E-state index in [1.165, 1.54) is 0 Å². The zero-order valence-electron chi connectivity index (χ0n) is 7.53. The number of thiol groups is 1. The van der Waals surface area contributed by atoms with Gasteiger partial charge >= 0.3 is 6.03 Å². The van der Waals surface area contributed by atoms with Gasteiger partial charge in [-0.15, -0.1) is 12.6 Å². The Morgan fingerprint density at radius 1 is 1.43 bits per heavy atom. The average Bonchev–Trinajstić information content (AvgIpc) is 2.18. The fourth-order valence-electron chi connectivity index (χ4n) is 0.915. The van der Waals surface area contributed by atoms with Crippen LogP contribution in [0.1, 0.15) is 0 Å². The van der Waals surface area contributed by atoms with E-state index in [0.29, 0.717) is 10.6 Å². The van der Waals surface area contributed by atoms with Crippen molar-refractivity contribution >= 4 is 24.3 Å². The van der Waals surface area contributed by atoms with Crippen LogP contribution in [0.5, 0.6) is 0 Å². The van der Waals surface area contributed by atoms with Crippen LogP contribution in [0.25, 0.3) is 0 Å². The van der Waals surface area contributed by atoms with E-state index in [1.54, 1.807) is 18.2 Å². The smallest absolute Gasteiger partial charge is 0.319 e. The predicted molar refractivity (Wildman–Crippen MR) is 57.8 cm³/mol. The van der Waals surface area contributed by atoms with E-state index in [9.17, 15) is 4.79 Å². The third-order valence-electron chi connectivity index (χ3n) is 1.55. The number of rotatable bonds is 3. The summed E-state index contributed by atoms with van der Waals surface area (Å²) in [5.74, 6) is 0. The van der Waals surface area contributed by atoms with Crippen LogP contribution in [0.2, 0.25) is 0 Å². The second-order valence-electron chi connectivity index (χ2n) is 2.62. The standard InChI is InChI=1S/C9H12N2O2S/c12-6-5-10-9(13)11-7-3-1-2-4-8(7)14/h1-4,12,14H,5-6H2,(H2,10,11,13). The van der Waals surface area contributed by atoms with Crippen molar-refractivity contribution in [3.8, 4) is 0 Å². The fraction of sp³-hybridized carbons (Fsp3) is 0.222. The lowest BCUT2D eigenvalue weighted by Crippen LogP contribution is -2.31. The molecule has 0 aliphatic carbocycles. The monoisotopic (exact) mass is 212 g/mol. The fourth-order valence-corrected chi connectivity index (χ4v) is 1.13. The van der Waals surface area contributed by atoms with Gasteiger partial charge in [0.2, 0.25) is 0 Å². The number of hydrogen-bond acceptors (Lipinski definition) is 3. The molecule has 1 aromatic carbocycles. The van der Waals surface area contributed by atoms with Gasteiger partial charge < -0.3 is 15.7 Å². The molecule has 0 atom stereocenters. The molecule has 0 aliphatic rings. The normalized spacial score (nSPS) is 9.57. The molecule has 5 heteroatoms. The van der Waals surface area contributed by atoms with Crippen molar-refractivity contribution < 1.29 is 9.90 Å². The van der Waals surface area contributed by atoms with Crippen molar-refractivity contribution in [3.05, 3.63) is 24.3 Å². The molecule has 0 saturated heterocycles. The SMILES string of the molecule is O=C(NCCO)Nc1ccccc1S. The number of hydrogen-bond donors (Lipinski definition) is 4. The van der Waals surface area contributed by atoms with Crippen molar-refractivity contribution in [1.29, 1.82) is 0 Å². The van der Waals surface area contributed by atoms with Crippen LogP contribution in [-0.2, 0) is 0 Å². The minimum atomic E-state index is -0.347. The first-order valence-corrected chi connectivity index (χ1v) is 4.62. The van der Waals surface area contributed by atoms with E-state index >= 15 is 0 Å². The highest BCUT2D eigenvalue weighted by Gasteiger charge is 2.02. The Hall–Kier alpha value is -1.20. The summed E-state index contributed by atoms with van der Waals surface area (Å²) in [4.78, 5) is 11.9. The molecule has 0 aromatic heterocycles. The summed E-state index contributed by atoms with van der Waals surface area (Å²) in [5.41, 5.74) is 0.645. The molecular formula is C9H12N2O2S. The lowest BCUT2D eigenvalue weighted by Gasteiger charge is -2.07. The maximum absolute atomic E-state index is 11.2. The van der Waals surface area contributed by atoms with Crippen LogP contribution in [0.15, 0.2) is 29.2 Å². The number of carbonyl (C=O) groups excluding carboxylic acids is 1. The Morgan fingerprint density at radius 2 is 2.14 bits per heavy atom. The lowest BCUT2D eigenvalue weighted by atomic mass is 10.3. The van der Waals surface area contributed by atoms with Crippen molar-refractivity contribution in [3.63, 3.8) is 0 Å². The molecular weight excluding hydrogens is 200 g/mol. The van der Waals surface area contributed by atoms with Crippen molar-refractivity contribution in [2.45, 2.75) is 4.90 Å². The molecule has 1 rings (SSSR count). The number of urea groups is 1. The molecule has 4 nitrogen and oxygen atoms in total. The second-order valence-corrected chi connectivity index (χ2v) is 3.10. The van der Waals surface area contributed by atoms with Gasteiger partial charge in [-0.1, -0.05) is 12.1 Å². The molecule has 0 bridgehead atoms. The van der Waals surface area contributed by atoms with E-state index in [4.69, 9.17) is 5.11 Å². The van der Waals surface area contributed by atoms with Gasteiger partial charge in [0.25, 0.3) is 0 Å². The highest BCUT2D eigenvalue weighted by Crippen LogP contribution is 2.17. The van der Waals surface area contributed by atoms with Gasteiger partial charge in [-0.2, -0.15) is 0 Å². The summed E-state index contributed by atoms with van der Waals surface area (Å²) in [5, 5.41) is 13.6. The van der Waals surface area contributed by atoms with Gasteiger partial charge in [0, 0.05) is 11.4 Å². The maximum atomic E-state index is 11.2. The summed E-state index contributed by atoms with van der Waals surface area (Å²) in [6.45, 7) is 0.163. The largest absolute Gasteiger partial charge is 0.395 e. The van der Waals surface area contributed by atoms with Crippen LogP contribution in [0, 0.1) is 0 Å². The molecule has 0 aliphatic heterocycles. The molecule has 0 saturated carbocycles. The van der Waals surface area contributed by atoms with E-state index in [2.05, 4.69) is 23.3 Å². The van der Waals surface area contributed by atoms with E-state index in [1.807, 2.05) is 6.07 Å². The first kappa shape index (κ1) is 10.9. The van der Waals surface area contributed by atoms with Crippen molar-refractivity contribution in [1.82, 2.24) is 5.32 Å². The second kappa shape index (κ2) is 5.51. The topological polar surface area (TPSA) is 61.4 Å². The number of aliphatic hydroxyl groups is 1. The molecule has 0 spiro atoms. The summed E-state index contributed by atoms with van der Waals surface area (Å²) >= 11 is 4.17. The number of anilines is 1. The van der Waals surface area contributed by atoms with Gasteiger partial charge in [0.1, 0.15) is 0 Å². The summed E-state index contributed by atoms with van der Waals surface area (Å²) in [6, 6.07) is 6.83. The summed E-state index contributed by atoms with van der Waals surface area (Å²) in [6.07, 6.45) is 0. The van der Waals surface area contributed by atoms with Gasteiger partial charge in [-0.3, -0.25) is 0 Å². The lowest BCUT2D eigenvalue weighted by molar-refractivity contribution is 0.244. The Balaban J connectivity index is 2.52. The van der Waals surface area contributed by atoms with Crippen LogP contribution in [0.3, 0.4) is 0 Å². The van der Waals surface area contributed by atoms with E-state index in [-0.39, 0.29) is 19.2 Å². The van der Waals surface area contributed by atoms with Crippen LogP contribution in [0.4, 0.5) is 10.5 Å². The number of carbonyl (C=O) groups is 1. The minimum Gasteiger partial charge on any atom is -0.395 e. The predicted octanol–water partition coefficient (Wildman–Crippen LogP) is 1.09. The Bertz CT molecular complexity index is 317. The zero-order chi connectivity index (χ0) is 10.4. The molecule has 0 fully saturated rings. The zero-order valence-corrected chi connectivity index (χ0v) is 8.42. The number of para-hydroxylation sites is 1. The number of aliphatic hydroxyl groups excluding tert-OH is 1. The summed E-state index contributed by atoms with van der Waals surface area (Å²) in [7, 11) is 0. The average molecular weight is 212 g/mol. The molecule has 0 heterocycles. The van der Waals surface area contributed by atoms with Gasteiger partial charge in [0.05, 0.1) is 12.3 Å². The molecule has 76 valence electrons. The van der Waals surface area contributed by atoms with Gasteiger partial charge in [-0.25, -0.2) is 4.79 Å². The Morgan fingerprint density at radius 3 is 2.79 bits per heavy atom. The highest BCUT2D eigenvalue weighted by atomic mass is 32.1. The first-order valence-electron chi connectivity index (χ1n) is 4.17. The van der Waals surface area contributed by atoms with Crippen molar-refractivity contribution in [2.75, 3.05) is 18.5 Å². The quantitative estimate of drug-likeness (QED) is 0.567. The Kier molecular flexibility index (Phi) is 4.28. The third kappa shape index (κ3) is 3.27. The minimum absolute atomic E-state index is 0.0735. The number of nitrogens with one attached hydrogen (secondary N) is 2. The number of amides is 2. The molecule has 0 radical (unpaired) electrons. The van der Waals surface area contributed by atoms with Crippen LogP contribution >= 0.6 is 12.6 Å². The van der Waals surface area contributed by atoms with Crippen molar-refractivity contribution in [2.24, 2.45) is 0 Å².